The summed E-state index contributed by atoms with van der Waals surface area (Å²) in [5, 5.41) is 9.38. The van der Waals surface area contributed by atoms with Crippen LogP contribution in [-0.4, -0.2) is 63.0 Å². The molecule has 24 heavy (non-hydrogen) atoms. The van der Waals surface area contributed by atoms with Crippen LogP contribution in [0.3, 0.4) is 0 Å². The van der Waals surface area contributed by atoms with Crippen molar-refractivity contribution in [2.75, 3.05) is 31.1 Å². The number of aromatic carboxylic acids is 1. The minimum atomic E-state index is -1.18. The molecule has 9 heteroatoms. The van der Waals surface area contributed by atoms with Crippen LogP contribution >= 0.6 is 11.6 Å². The van der Waals surface area contributed by atoms with Crippen LogP contribution < -0.4 is 4.90 Å². The van der Waals surface area contributed by atoms with Crippen LogP contribution in [0, 0.1) is 0 Å². The maximum atomic E-state index is 12.4. The van der Waals surface area contributed by atoms with Crippen LogP contribution in [0.2, 0.25) is 5.02 Å². The second-order valence-electron chi connectivity index (χ2n) is 5.21. The van der Waals surface area contributed by atoms with E-state index in [2.05, 4.69) is 19.9 Å². The summed E-state index contributed by atoms with van der Waals surface area (Å²) in [6, 6.07) is 3.62. The van der Waals surface area contributed by atoms with E-state index in [1.165, 1.54) is 6.20 Å². The normalized spacial score (nSPS) is 14.5. The first kappa shape index (κ1) is 16.1. The number of carbonyl (C=O) groups is 2. The van der Waals surface area contributed by atoms with E-state index in [0.29, 0.717) is 31.2 Å². The smallest absolute Gasteiger partial charge is 0.356 e. The van der Waals surface area contributed by atoms with Crippen molar-refractivity contribution in [3.8, 4) is 0 Å². The highest BCUT2D eigenvalue weighted by atomic mass is 35.5. The van der Waals surface area contributed by atoms with Gasteiger partial charge in [0.2, 0.25) is 0 Å². The van der Waals surface area contributed by atoms with Crippen LogP contribution in [-0.2, 0) is 0 Å². The van der Waals surface area contributed by atoms with Crippen molar-refractivity contribution in [3.05, 3.63) is 47.1 Å². The SMILES string of the molecule is O=C(O)c1cnc(C(=O)N2CCN(c3ccc(Cl)cn3)CC2)cn1. The summed E-state index contributed by atoms with van der Waals surface area (Å²) >= 11 is 5.83. The third-order valence-electron chi connectivity index (χ3n) is 3.69. The molecule has 1 amide bonds. The molecule has 1 N–H and O–H groups in total. The van der Waals surface area contributed by atoms with E-state index < -0.39 is 5.97 Å². The van der Waals surface area contributed by atoms with E-state index in [1.807, 2.05) is 6.07 Å². The Kier molecular flexibility index (Phi) is 4.57. The van der Waals surface area contributed by atoms with Crippen molar-refractivity contribution < 1.29 is 14.7 Å². The lowest BCUT2D eigenvalue weighted by atomic mass is 10.2. The number of anilines is 1. The standard InChI is InChI=1S/C15H14ClN5O3/c16-10-1-2-13(19-7-10)20-3-5-21(6-4-20)14(22)11-8-18-12(9-17-11)15(23)24/h1-2,7-9H,3-6H2,(H,23,24). The predicted octanol–water partition coefficient (Wildman–Crippen LogP) is 1.19. The van der Waals surface area contributed by atoms with Gasteiger partial charge in [-0.25, -0.2) is 19.7 Å². The van der Waals surface area contributed by atoms with Gasteiger partial charge in [0, 0.05) is 32.4 Å². The highest BCUT2D eigenvalue weighted by Crippen LogP contribution is 2.16. The van der Waals surface area contributed by atoms with E-state index in [4.69, 9.17) is 16.7 Å². The fraction of sp³-hybridized carbons (Fsp3) is 0.267. The van der Waals surface area contributed by atoms with Crippen molar-refractivity contribution in [1.29, 1.82) is 0 Å². The van der Waals surface area contributed by atoms with Gasteiger partial charge >= 0.3 is 5.97 Å². The fourth-order valence-corrected chi connectivity index (χ4v) is 2.52. The molecule has 124 valence electrons. The number of pyridine rings is 1. The van der Waals surface area contributed by atoms with E-state index in [0.717, 1.165) is 12.0 Å². The number of carboxylic acids is 1. The van der Waals surface area contributed by atoms with Gasteiger partial charge in [0.25, 0.3) is 5.91 Å². The van der Waals surface area contributed by atoms with Gasteiger partial charge in [0.15, 0.2) is 5.69 Å². The molecule has 0 spiro atoms. The summed E-state index contributed by atoms with van der Waals surface area (Å²) in [5.41, 5.74) is -0.0525. The van der Waals surface area contributed by atoms with E-state index in [-0.39, 0.29) is 17.3 Å². The number of amides is 1. The number of piperazine rings is 1. The molecule has 2 aromatic rings. The molecule has 3 heterocycles. The van der Waals surface area contributed by atoms with E-state index >= 15 is 0 Å². The second kappa shape index (κ2) is 6.79. The number of hydrogen-bond acceptors (Lipinski definition) is 6. The molecule has 1 fully saturated rings. The molecular formula is C15H14ClN5O3. The minimum Gasteiger partial charge on any atom is -0.476 e. The molecule has 3 rings (SSSR count). The molecule has 1 aliphatic rings. The van der Waals surface area contributed by atoms with Gasteiger partial charge in [-0.3, -0.25) is 4.79 Å². The average molecular weight is 348 g/mol. The van der Waals surface area contributed by atoms with Crippen molar-refractivity contribution in [1.82, 2.24) is 19.9 Å². The predicted molar refractivity (Wildman–Crippen MR) is 86.4 cm³/mol. The molecule has 0 bridgehead atoms. The summed E-state index contributed by atoms with van der Waals surface area (Å²) in [4.78, 5) is 38.8. The molecule has 0 radical (unpaired) electrons. The van der Waals surface area contributed by atoms with Crippen LogP contribution in [0.4, 0.5) is 5.82 Å². The zero-order valence-corrected chi connectivity index (χ0v) is 13.3. The Morgan fingerprint density at radius 2 is 1.62 bits per heavy atom. The second-order valence-corrected chi connectivity index (χ2v) is 5.64. The number of carbonyl (C=O) groups excluding carboxylic acids is 1. The Morgan fingerprint density at radius 3 is 2.17 bits per heavy atom. The van der Waals surface area contributed by atoms with Crippen LogP contribution in [0.15, 0.2) is 30.7 Å². The Hall–Kier alpha value is -2.74. The van der Waals surface area contributed by atoms with Gasteiger partial charge in [-0.05, 0) is 12.1 Å². The lowest BCUT2D eigenvalue weighted by molar-refractivity contribution is 0.0684. The van der Waals surface area contributed by atoms with Gasteiger partial charge in [-0.1, -0.05) is 11.6 Å². The summed E-state index contributed by atoms with van der Waals surface area (Å²) in [7, 11) is 0. The van der Waals surface area contributed by atoms with Crippen molar-refractivity contribution in [2.45, 2.75) is 0 Å². The van der Waals surface area contributed by atoms with Crippen LogP contribution in [0.5, 0.6) is 0 Å². The third kappa shape index (κ3) is 3.43. The van der Waals surface area contributed by atoms with E-state index in [1.54, 1.807) is 17.2 Å². The number of halogens is 1. The van der Waals surface area contributed by atoms with Crippen molar-refractivity contribution >= 4 is 29.3 Å². The monoisotopic (exact) mass is 347 g/mol. The molecule has 8 nitrogen and oxygen atoms in total. The molecular weight excluding hydrogens is 334 g/mol. The summed E-state index contributed by atoms with van der Waals surface area (Å²) in [5.74, 6) is -0.620. The van der Waals surface area contributed by atoms with Gasteiger partial charge in [0.05, 0.1) is 17.4 Å². The molecule has 0 saturated carbocycles. The summed E-state index contributed by atoms with van der Waals surface area (Å²) in [6.45, 7) is 2.32. The number of nitrogens with zero attached hydrogens (tertiary/aromatic N) is 5. The minimum absolute atomic E-state index is 0.137. The Balaban J connectivity index is 1.62. The molecule has 0 unspecified atom stereocenters. The molecule has 0 aliphatic carbocycles. The molecule has 1 saturated heterocycles. The summed E-state index contributed by atoms with van der Waals surface area (Å²) in [6.07, 6.45) is 3.87. The fourth-order valence-electron chi connectivity index (χ4n) is 2.40. The number of rotatable bonds is 3. The van der Waals surface area contributed by atoms with Gasteiger partial charge in [0.1, 0.15) is 11.5 Å². The Labute approximate surface area is 142 Å². The number of hydrogen-bond donors (Lipinski definition) is 1. The highest BCUT2D eigenvalue weighted by Gasteiger charge is 2.24. The topological polar surface area (TPSA) is 99.5 Å². The van der Waals surface area contributed by atoms with E-state index in [9.17, 15) is 9.59 Å². The third-order valence-corrected chi connectivity index (χ3v) is 3.92. The van der Waals surface area contributed by atoms with Crippen LogP contribution in [0.25, 0.3) is 0 Å². The summed E-state index contributed by atoms with van der Waals surface area (Å²) < 4.78 is 0. The van der Waals surface area contributed by atoms with Crippen LogP contribution in [0.1, 0.15) is 21.0 Å². The highest BCUT2D eigenvalue weighted by molar-refractivity contribution is 6.30. The molecule has 1 aliphatic heterocycles. The van der Waals surface area contributed by atoms with Crippen molar-refractivity contribution in [2.24, 2.45) is 0 Å². The largest absolute Gasteiger partial charge is 0.476 e. The van der Waals surface area contributed by atoms with Crippen molar-refractivity contribution in [3.63, 3.8) is 0 Å². The first-order chi connectivity index (χ1) is 11.5. The zero-order chi connectivity index (χ0) is 17.1. The maximum Gasteiger partial charge on any atom is 0.356 e. The molecule has 2 aromatic heterocycles. The first-order valence-corrected chi connectivity index (χ1v) is 7.63. The average Bonchev–Trinajstić information content (AvgIpc) is 2.62. The lowest BCUT2D eigenvalue weighted by Crippen LogP contribution is -2.49. The first-order valence-electron chi connectivity index (χ1n) is 7.26. The number of aromatic nitrogens is 3. The van der Waals surface area contributed by atoms with Gasteiger partial charge < -0.3 is 14.9 Å². The number of carboxylic acid groups (broad SMARTS) is 1. The quantitative estimate of drug-likeness (QED) is 0.890. The Bertz CT molecular complexity index is 743. The Morgan fingerprint density at radius 1 is 0.958 bits per heavy atom. The molecule has 0 atom stereocenters. The zero-order valence-electron chi connectivity index (χ0n) is 12.6. The maximum absolute atomic E-state index is 12.4. The lowest BCUT2D eigenvalue weighted by Gasteiger charge is -2.35. The van der Waals surface area contributed by atoms with Gasteiger partial charge in [-0.15, -0.1) is 0 Å². The van der Waals surface area contributed by atoms with Gasteiger partial charge in [-0.2, -0.15) is 0 Å². The molecule has 0 aromatic carbocycles.